The molecule has 2 N–H and O–H groups in total. The molecule has 0 fully saturated rings. The van der Waals surface area contributed by atoms with Crippen LogP contribution in [0, 0.1) is 24.0 Å². The molecule has 2 aromatic rings. The number of hydrogen-bond acceptors (Lipinski definition) is 5. The third kappa shape index (κ3) is 4.26. The first-order valence-corrected chi connectivity index (χ1v) is 7.41. The fourth-order valence-corrected chi connectivity index (χ4v) is 2.11. The van der Waals surface area contributed by atoms with Crippen molar-refractivity contribution in [3.05, 3.63) is 63.2 Å². The van der Waals surface area contributed by atoms with Crippen LogP contribution in [0.15, 0.2) is 41.5 Å². The Labute approximate surface area is 144 Å². The van der Waals surface area contributed by atoms with Crippen LogP contribution in [-0.2, 0) is 0 Å². The van der Waals surface area contributed by atoms with Crippen LogP contribution in [0.25, 0.3) is 0 Å². The van der Waals surface area contributed by atoms with Crippen molar-refractivity contribution >= 4 is 34.9 Å². The highest BCUT2D eigenvalue weighted by molar-refractivity contribution is 7.80. The second-order valence-corrected chi connectivity index (χ2v) is 5.46. The summed E-state index contributed by atoms with van der Waals surface area (Å²) in [5, 5.41) is 29.5. The second-order valence-electron chi connectivity index (χ2n) is 5.05. The van der Waals surface area contributed by atoms with Gasteiger partial charge in [0.1, 0.15) is 0 Å². The van der Waals surface area contributed by atoms with Gasteiger partial charge in [0, 0.05) is 17.8 Å². The number of nitrogens with one attached hydrogen (secondary N) is 2. The minimum absolute atomic E-state index is 0.103. The van der Waals surface area contributed by atoms with Gasteiger partial charge in [-0.05, 0) is 48.8 Å². The van der Waals surface area contributed by atoms with Crippen molar-refractivity contribution in [2.75, 3.05) is 5.32 Å². The van der Waals surface area contributed by atoms with Crippen molar-refractivity contribution in [2.45, 2.75) is 13.8 Å². The third-order valence-electron chi connectivity index (χ3n) is 3.43. The maximum atomic E-state index is 11.7. The number of nitrogens with zero attached hydrogens (tertiary/aromatic N) is 2. The van der Waals surface area contributed by atoms with E-state index in [2.05, 4.69) is 15.8 Å². The molecule has 0 bridgehead atoms. The number of nitro benzene ring substituents is 1. The summed E-state index contributed by atoms with van der Waals surface area (Å²) in [4.78, 5) is 10.1. The first-order valence-electron chi connectivity index (χ1n) is 7.00. The Morgan fingerprint density at radius 2 is 2.04 bits per heavy atom. The molecule has 0 atom stereocenters. The molecule has 124 valence electrons. The molecule has 8 heteroatoms. The van der Waals surface area contributed by atoms with Crippen LogP contribution in [0.2, 0.25) is 0 Å². The van der Waals surface area contributed by atoms with E-state index >= 15 is 0 Å². The summed E-state index contributed by atoms with van der Waals surface area (Å²) in [6.45, 7) is 3.96. The predicted octanol–water partition coefficient (Wildman–Crippen LogP) is 2.61. The molecule has 24 heavy (non-hydrogen) atoms. The fourth-order valence-electron chi connectivity index (χ4n) is 1.95. The number of benzene rings is 2. The number of anilines is 1. The minimum atomic E-state index is -0.573. The molecule has 0 spiro atoms. The number of non-ortho nitro benzene ring substituents is 1. The summed E-state index contributed by atoms with van der Waals surface area (Å²) in [6, 6.07) is 9.23. The zero-order valence-electron chi connectivity index (χ0n) is 13.1. The quantitative estimate of drug-likeness (QED) is 0.383. The SMILES string of the molecule is Cc1cccc(NC(=S)N/N=C\c2cc([N+](=O)[O-])ccc2[O-])c1C. The molecule has 0 amide bonds. The summed E-state index contributed by atoms with van der Waals surface area (Å²) in [5.74, 6) is -0.362. The van der Waals surface area contributed by atoms with Crippen molar-refractivity contribution in [1.82, 2.24) is 5.43 Å². The highest BCUT2D eigenvalue weighted by atomic mass is 32.1. The largest absolute Gasteiger partial charge is 0.872 e. The fraction of sp³-hybridized carbons (Fsp3) is 0.125. The molecule has 0 aliphatic heterocycles. The summed E-state index contributed by atoms with van der Waals surface area (Å²) in [7, 11) is 0. The summed E-state index contributed by atoms with van der Waals surface area (Å²) >= 11 is 5.13. The second kappa shape index (κ2) is 7.51. The van der Waals surface area contributed by atoms with Crippen LogP contribution in [0.4, 0.5) is 11.4 Å². The zero-order chi connectivity index (χ0) is 17.7. The van der Waals surface area contributed by atoms with Gasteiger partial charge in [-0.2, -0.15) is 5.10 Å². The number of hydrazone groups is 1. The molecule has 0 aliphatic rings. The molecule has 0 unspecified atom stereocenters. The third-order valence-corrected chi connectivity index (χ3v) is 3.62. The summed E-state index contributed by atoms with van der Waals surface area (Å²) in [6.07, 6.45) is 1.20. The number of thiocarbonyl (C=S) groups is 1. The standard InChI is InChI=1S/C16H16N4O3S/c1-10-4-3-5-14(11(10)2)18-16(24)19-17-9-12-8-13(20(22)23)6-7-15(12)21/h3-9,21H,1-2H3,(H2,18,19,24)/p-1/b17-9-. The molecule has 0 aromatic heterocycles. The minimum Gasteiger partial charge on any atom is -0.872 e. The van der Waals surface area contributed by atoms with Gasteiger partial charge in [0.25, 0.3) is 5.69 Å². The Morgan fingerprint density at radius 1 is 1.29 bits per heavy atom. The monoisotopic (exact) mass is 343 g/mol. The zero-order valence-corrected chi connectivity index (χ0v) is 13.9. The van der Waals surface area contributed by atoms with E-state index in [0.29, 0.717) is 0 Å². The number of rotatable bonds is 4. The molecule has 0 aliphatic carbocycles. The van der Waals surface area contributed by atoms with Gasteiger partial charge in [-0.3, -0.25) is 15.5 Å². The number of nitro groups is 1. The van der Waals surface area contributed by atoms with Gasteiger partial charge in [-0.1, -0.05) is 23.9 Å². The van der Waals surface area contributed by atoms with Gasteiger partial charge in [0.15, 0.2) is 5.11 Å². The van der Waals surface area contributed by atoms with Crippen molar-refractivity contribution in [1.29, 1.82) is 0 Å². The average Bonchev–Trinajstić information content (AvgIpc) is 2.53. The molecule has 0 saturated heterocycles. The van der Waals surface area contributed by atoms with Crippen molar-refractivity contribution in [3.63, 3.8) is 0 Å². The Hall–Kier alpha value is -3.00. The van der Waals surface area contributed by atoms with Gasteiger partial charge in [-0.25, -0.2) is 0 Å². The van der Waals surface area contributed by atoms with Crippen LogP contribution in [0.1, 0.15) is 16.7 Å². The first kappa shape index (κ1) is 17.4. The molecule has 0 radical (unpaired) electrons. The normalized spacial score (nSPS) is 10.6. The lowest BCUT2D eigenvalue weighted by Crippen LogP contribution is -2.24. The molecule has 2 rings (SSSR count). The van der Waals surface area contributed by atoms with E-state index in [1.54, 1.807) is 0 Å². The van der Waals surface area contributed by atoms with Gasteiger partial charge in [0.2, 0.25) is 0 Å². The van der Waals surface area contributed by atoms with E-state index in [-0.39, 0.29) is 22.1 Å². The summed E-state index contributed by atoms with van der Waals surface area (Å²) < 4.78 is 0. The maximum absolute atomic E-state index is 11.7. The number of aryl methyl sites for hydroxylation is 1. The van der Waals surface area contributed by atoms with Crippen LogP contribution in [0.3, 0.4) is 0 Å². The highest BCUT2D eigenvalue weighted by Gasteiger charge is 2.05. The van der Waals surface area contributed by atoms with E-state index in [0.717, 1.165) is 35.0 Å². The van der Waals surface area contributed by atoms with Gasteiger partial charge in [0.05, 0.1) is 11.1 Å². The maximum Gasteiger partial charge on any atom is 0.270 e. The van der Waals surface area contributed by atoms with Crippen LogP contribution in [0.5, 0.6) is 5.75 Å². The Morgan fingerprint density at radius 3 is 2.75 bits per heavy atom. The predicted molar refractivity (Wildman–Crippen MR) is 95.4 cm³/mol. The molecule has 0 saturated carbocycles. The average molecular weight is 343 g/mol. The van der Waals surface area contributed by atoms with E-state index in [4.69, 9.17) is 12.2 Å². The van der Waals surface area contributed by atoms with Crippen LogP contribution in [-0.4, -0.2) is 16.3 Å². The highest BCUT2D eigenvalue weighted by Crippen LogP contribution is 2.19. The topological polar surface area (TPSA) is 103 Å². The number of hydrogen-bond donors (Lipinski definition) is 2. The summed E-state index contributed by atoms with van der Waals surface area (Å²) in [5.41, 5.74) is 5.55. The van der Waals surface area contributed by atoms with E-state index < -0.39 is 4.92 Å². The smallest absolute Gasteiger partial charge is 0.270 e. The Bertz CT molecular complexity index is 821. The lowest BCUT2D eigenvalue weighted by molar-refractivity contribution is -0.385. The van der Waals surface area contributed by atoms with E-state index in [1.165, 1.54) is 6.21 Å². The first-order chi connectivity index (χ1) is 11.4. The molecular weight excluding hydrogens is 328 g/mol. The molecule has 0 heterocycles. The van der Waals surface area contributed by atoms with Crippen molar-refractivity contribution in [3.8, 4) is 5.75 Å². The van der Waals surface area contributed by atoms with Crippen LogP contribution < -0.4 is 15.8 Å². The van der Waals surface area contributed by atoms with Crippen LogP contribution >= 0.6 is 12.2 Å². The van der Waals surface area contributed by atoms with E-state index in [1.807, 2.05) is 32.0 Å². The van der Waals surface area contributed by atoms with Crippen molar-refractivity contribution < 1.29 is 10.0 Å². The molecular formula is C16H15N4O3S-. The van der Waals surface area contributed by atoms with Gasteiger partial charge >= 0.3 is 0 Å². The van der Waals surface area contributed by atoms with E-state index in [9.17, 15) is 15.2 Å². The lowest BCUT2D eigenvalue weighted by Gasteiger charge is -2.12. The van der Waals surface area contributed by atoms with Gasteiger partial charge < -0.3 is 10.4 Å². The Kier molecular flexibility index (Phi) is 5.43. The van der Waals surface area contributed by atoms with Gasteiger partial charge in [-0.15, -0.1) is 0 Å². The molecule has 7 nitrogen and oxygen atoms in total. The lowest BCUT2D eigenvalue weighted by atomic mass is 10.1. The van der Waals surface area contributed by atoms with Crippen molar-refractivity contribution in [2.24, 2.45) is 5.10 Å². The Balaban J connectivity index is 2.04. The molecule has 2 aromatic carbocycles.